The highest BCUT2D eigenvalue weighted by Gasteiger charge is 2.23. The van der Waals surface area contributed by atoms with E-state index in [2.05, 4.69) is 14.9 Å². The topological polar surface area (TPSA) is 84.6 Å². The lowest BCUT2D eigenvalue weighted by Crippen LogP contribution is -2.48. The summed E-state index contributed by atoms with van der Waals surface area (Å²) >= 11 is 5.77. The van der Waals surface area contributed by atoms with Crippen LogP contribution in [0.2, 0.25) is 5.02 Å². The molecule has 8 heteroatoms. The number of morpholine rings is 1. The lowest BCUT2D eigenvalue weighted by Gasteiger charge is -2.33. The number of primary amides is 1. The first-order chi connectivity index (χ1) is 9.54. The Bertz CT molecular complexity index is 456. The summed E-state index contributed by atoms with van der Waals surface area (Å²) in [6.45, 7) is 2.93. The number of rotatable bonds is 5. The molecule has 1 amide bonds. The largest absolute Gasteiger partial charge is 0.374 e. The fourth-order valence-electron chi connectivity index (χ4n) is 2.10. The predicted molar refractivity (Wildman–Crippen MR) is 75.7 cm³/mol. The van der Waals surface area contributed by atoms with Crippen LogP contribution in [0.1, 0.15) is 0 Å². The average molecular weight is 300 g/mol. The molecule has 2 N–H and O–H groups in total. The molecule has 110 valence electrons. The number of carbonyl (C=O) groups is 1. The quantitative estimate of drug-likeness (QED) is 0.807. The molecule has 1 fully saturated rings. The van der Waals surface area contributed by atoms with Crippen molar-refractivity contribution in [3.63, 3.8) is 0 Å². The Hall–Kier alpha value is -1.44. The van der Waals surface area contributed by atoms with Crippen LogP contribution in [0, 0.1) is 0 Å². The second-order valence-corrected chi connectivity index (χ2v) is 5.24. The SMILES string of the molecule is CN1CCO[C@@H](CN(CC(N)=O)c2ncc(Cl)cn2)C1. The van der Waals surface area contributed by atoms with Crippen molar-refractivity contribution < 1.29 is 9.53 Å². The maximum atomic E-state index is 11.2. The molecule has 20 heavy (non-hydrogen) atoms. The lowest BCUT2D eigenvalue weighted by molar-refractivity contribution is -0.116. The monoisotopic (exact) mass is 299 g/mol. The van der Waals surface area contributed by atoms with Gasteiger partial charge in [0.1, 0.15) is 0 Å². The van der Waals surface area contributed by atoms with Crippen molar-refractivity contribution in [1.29, 1.82) is 0 Å². The van der Waals surface area contributed by atoms with Crippen molar-refractivity contribution in [3.05, 3.63) is 17.4 Å². The number of amides is 1. The first kappa shape index (κ1) is 15.0. The van der Waals surface area contributed by atoms with Gasteiger partial charge in [-0.2, -0.15) is 0 Å². The van der Waals surface area contributed by atoms with Gasteiger partial charge in [0.2, 0.25) is 11.9 Å². The Kier molecular flexibility index (Phi) is 5.11. The second kappa shape index (κ2) is 6.83. The molecule has 1 aliphatic heterocycles. The molecule has 2 rings (SSSR count). The fourth-order valence-corrected chi connectivity index (χ4v) is 2.19. The number of anilines is 1. The summed E-state index contributed by atoms with van der Waals surface area (Å²) in [4.78, 5) is 23.3. The molecule has 0 bridgehead atoms. The molecule has 0 aliphatic carbocycles. The first-order valence-electron chi connectivity index (χ1n) is 6.35. The van der Waals surface area contributed by atoms with Gasteiger partial charge in [-0.15, -0.1) is 0 Å². The summed E-state index contributed by atoms with van der Waals surface area (Å²) in [5.74, 6) is -0.0160. The Morgan fingerprint density at radius 2 is 2.30 bits per heavy atom. The van der Waals surface area contributed by atoms with E-state index in [0.717, 1.165) is 13.1 Å². The van der Waals surface area contributed by atoms with Gasteiger partial charge in [0.05, 0.1) is 36.7 Å². The van der Waals surface area contributed by atoms with E-state index in [1.807, 2.05) is 7.05 Å². The second-order valence-electron chi connectivity index (χ2n) is 4.80. The smallest absolute Gasteiger partial charge is 0.237 e. The van der Waals surface area contributed by atoms with Crippen LogP contribution in [0.5, 0.6) is 0 Å². The summed E-state index contributed by atoms with van der Waals surface area (Å²) in [6.07, 6.45) is 2.98. The molecule has 2 heterocycles. The van der Waals surface area contributed by atoms with E-state index >= 15 is 0 Å². The number of carbonyl (C=O) groups excluding carboxylic acids is 1. The van der Waals surface area contributed by atoms with E-state index in [1.54, 1.807) is 4.90 Å². The zero-order chi connectivity index (χ0) is 14.5. The number of nitrogens with zero attached hydrogens (tertiary/aromatic N) is 4. The van der Waals surface area contributed by atoms with Gasteiger partial charge >= 0.3 is 0 Å². The third kappa shape index (κ3) is 4.29. The number of aromatic nitrogens is 2. The van der Waals surface area contributed by atoms with Crippen molar-refractivity contribution >= 4 is 23.5 Å². The number of halogens is 1. The van der Waals surface area contributed by atoms with Gasteiger partial charge < -0.3 is 20.3 Å². The highest BCUT2D eigenvalue weighted by molar-refractivity contribution is 6.30. The summed E-state index contributed by atoms with van der Waals surface area (Å²) in [5, 5.41) is 0.446. The van der Waals surface area contributed by atoms with E-state index in [9.17, 15) is 4.79 Å². The minimum atomic E-state index is -0.437. The molecule has 1 aliphatic rings. The zero-order valence-corrected chi connectivity index (χ0v) is 12.1. The molecule has 1 saturated heterocycles. The summed E-state index contributed by atoms with van der Waals surface area (Å²) < 4.78 is 5.69. The van der Waals surface area contributed by atoms with Gasteiger partial charge in [0.25, 0.3) is 0 Å². The highest BCUT2D eigenvalue weighted by Crippen LogP contribution is 2.13. The molecule has 1 atom stereocenters. The van der Waals surface area contributed by atoms with Crippen LogP contribution in [0.25, 0.3) is 0 Å². The van der Waals surface area contributed by atoms with Gasteiger partial charge in [-0.3, -0.25) is 4.79 Å². The van der Waals surface area contributed by atoms with Gasteiger partial charge in [-0.05, 0) is 7.05 Å². The molecule has 0 radical (unpaired) electrons. The van der Waals surface area contributed by atoms with Gasteiger partial charge in [0, 0.05) is 19.6 Å². The van der Waals surface area contributed by atoms with Crippen LogP contribution in [-0.4, -0.2) is 66.7 Å². The van der Waals surface area contributed by atoms with Crippen LogP contribution in [0.4, 0.5) is 5.95 Å². The van der Waals surface area contributed by atoms with Crippen LogP contribution < -0.4 is 10.6 Å². The van der Waals surface area contributed by atoms with Crippen molar-refractivity contribution in [2.75, 3.05) is 44.7 Å². The highest BCUT2D eigenvalue weighted by atomic mass is 35.5. The number of hydrogen-bond acceptors (Lipinski definition) is 6. The minimum absolute atomic E-state index is 0.00706. The van der Waals surface area contributed by atoms with E-state index in [0.29, 0.717) is 24.1 Å². The van der Waals surface area contributed by atoms with Gasteiger partial charge in [0.15, 0.2) is 0 Å². The van der Waals surface area contributed by atoms with Crippen LogP contribution in [-0.2, 0) is 9.53 Å². The molecule has 0 unspecified atom stereocenters. The molecular formula is C12H18ClN5O2. The number of ether oxygens (including phenoxy) is 1. The first-order valence-corrected chi connectivity index (χ1v) is 6.73. The Morgan fingerprint density at radius 3 is 2.90 bits per heavy atom. The number of likely N-dealkylation sites (N-methyl/N-ethyl adjacent to an activating group) is 1. The van der Waals surface area contributed by atoms with Crippen LogP contribution in [0.3, 0.4) is 0 Å². The lowest BCUT2D eigenvalue weighted by atomic mass is 10.2. The Labute approximate surface area is 122 Å². The van der Waals surface area contributed by atoms with Gasteiger partial charge in [-0.1, -0.05) is 11.6 Å². The molecule has 1 aromatic rings. The Morgan fingerprint density at radius 1 is 1.60 bits per heavy atom. The van der Waals surface area contributed by atoms with Crippen molar-refractivity contribution in [2.45, 2.75) is 6.10 Å². The van der Waals surface area contributed by atoms with E-state index in [-0.39, 0.29) is 12.6 Å². The molecule has 0 spiro atoms. The van der Waals surface area contributed by atoms with E-state index < -0.39 is 5.91 Å². The third-order valence-corrected chi connectivity index (χ3v) is 3.20. The summed E-state index contributed by atoms with van der Waals surface area (Å²) in [5.41, 5.74) is 5.28. The average Bonchev–Trinajstić information content (AvgIpc) is 2.38. The van der Waals surface area contributed by atoms with E-state index in [4.69, 9.17) is 22.1 Å². The molecule has 0 aromatic carbocycles. The maximum absolute atomic E-state index is 11.2. The van der Waals surface area contributed by atoms with Gasteiger partial charge in [-0.25, -0.2) is 9.97 Å². The molecule has 0 saturated carbocycles. The summed E-state index contributed by atoms with van der Waals surface area (Å²) in [7, 11) is 2.03. The molecule has 1 aromatic heterocycles. The number of nitrogens with two attached hydrogens (primary N) is 1. The van der Waals surface area contributed by atoms with E-state index in [1.165, 1.54) is 12.4 Å². The third-order valence-electron chi connectivity index (χ3n) is 3.00. The van der Waals surface area contributed by atoms with Crippen molar-refractivity contribution in [2.24, 2.45) is 5.73 Å². The van der Waals surface area contributed by atoms with Crippen LogP contribution >= 0.6 is 11.6 Å². The summed E-state index contributed by atoms with van der Waals surface area (Å²) in [6, 6.07) is 0. The minimum Gasteiger partial charge on any atom is -0.374 e. The normalized spacial score (nSPS) is 19.8. The fraction of sp³-hybridized carbons (Fsp3) is 0.583. The predicted octanol–water partition coefficient (Wildman–Crippen LogP) is -0.248. The van der Waals surface area contributed by atoms with Crippen molar-refractivity contribution in [1.82, 2.24) is 14.9 Å². The molecular weight excluding hydrogens is 282 g/mol. The zero-order valence-electron chi connectivity index (χ0n) is 11.3. The number of hydrogen-bond donors (Lipinski definition) is 1. The molecule has 7 nitrogen and oxygen atoms in total. The van der Waals surface area contributed by atoms with Crippen LogP contribution in [0.15, 0.2) is 12.4 Å². The standard InChI is InChI=1S/C12H18ClN5O2/c1-17-2-3-20-10(6-17)7-18(8-11(14)19)12-15-4-9(13)5-16-12/h4-5,10H,2-3,6-8H2,1H3,(H2,14,19)/t10-/m1/s1. The maximum Gasteiger partial charge on any atom is 0.237 e. The Balaban J connectivity index is 2.06. The van der Waals surface area contributed by atoms with Crippen molar-refractivity contribution in [3.8, 4) is 0 Å².